The Hall–Kier alpha value is -1.46. The monoisotopic (exact) mass is 710 g/mol. The van der Waals surface area contributed by atoms with E-state index in [0.29, 0.717) is 49.9 Å². The standard InChI is InChI=1S/C36H55ClN2O6S2/c1-35(2)28-14-5-7-16-30(28)38(22-10-24-46(40,41)42)32(35)20-18-26-12-9-13-27(34(26)37)19-21-33-36(3,4)29-15-6-8-17-31(29)39(33)23-11-25-47(43,44)45/h18-21,28-31H,5-17,22-25H2,1-4H3,(H-,40,41,42,43,44,45). The molecule has 0 bridgehead atoms. The molecule has 8 nitrogen and oxygen atoms in total. The van der Waals surface area contributed by atoms with E-state index in [9.17, 15) is 25.9 Å². The van der Waals surface area contributed by atoms with E-state index in [1.807, 2.05) is 0 Å². The molecule has 2 saturated carbocycles. The Bertz CT molecular complexity index is 1570. The van der Waals surface area contributed by atoms with E-state index in [1.54, 1.807) is 0 Å². The van der Waals surface area contributed by atoms with Gasteiger partial charge >= 0.3 is 0 Å². The van der Waals surface area contributed by atoms with Crippen LogP contribution in [0.2, 0.25) is 0 Å². The van der Waals surface area contributed by atoms with Crippen LogP contribution in [0.4, 0.5) is 0 Å². The first kappa shape index (κ1) is 36.8. The molecule has 1 saturated heterocycles. The third-order valence-electron chi connectivity index (χ3n) is 12.0. The minimum atomic E-state index is -4.25. The van der Waals surface area contributed by atoms with Crippen molar-refractivity contribution in [2.24, 2.45) is 22.7 Å². The van der Waals surface area contributed by atoms with Crippen molar-refractivity contribution in [1.29, 1.82) is 0 Å². The smallest absolute Gasteiger partial charge is 0.264 e. The summed E-state index contributed by atoms with van der Waals surface area (Å²) in [5, 5.41) is 0.785. The lowest BCUT2D eigenvalue weighted by molar-refractivity contribution is -0.566. The Morgan fingerprint density at radius 3 is 2.26 bits per heavy atom. The van der Waals surface area contributed by atoms with Gasteiger partial charge in [-0.15, -0.1) is 0 Å². The Kier molecular flexibility index (Phi) is 11.3. The van der Waals surface area contributed by atoms with Crippen LogP contribution in [0.3, 0.4) is 0 Å². The molecular formula is C36H55ClN2O6S2. The summed E-state index contributed by atoms with van der Waals surface area (Å²) in [6.45, 7) is 10.4. The summed E-state index contributed by atoms with van der Waals surface area (Å²) in [6, 6.07) is 0.748. The molecule has 2 heterocycles. The lowest BCUT2D eigenvalue weighted by atomic mass is 9.69. The maximum absolute atomic E-state index is 11.5. The average molecular weight is 711 g/mol. The van der Waals surface area contributed by atoms with Crippen molar-refractivity contribution in [3.8, 4) is 0 Å². The van der Waals surface area contributed by atoms with Crippen molar-refractivity contribution in [2.75, 3.05) is 24.6 Å². The lowest BCUT2D eigenvalue weighted by Gasteiger charge is -2.34. The van der Waals surface area contributed by atoms with E-state index >= 15 is 0 Å². The van der Waals surface area contributed by atoms with Crippen molar-refractivity contribution in [3.63, 3.8) is 0 Å². The molecule has 3 fully saturated rings. The number of rotatable bonds is 11. The van der Waals surface area contributed by atoms with Gasteiger partial charge in [0.1, 0.15) is 6.54 Å². The van der Waals surface area contributed by atoms with E-state index < -0.39 is 20.2 Å². The number of hydrogen-bond donors (Lipinski definition) is 1. The van der Waals surface area contributed by atoms with E-state index in [-0.39, 0.29) is 22.3 Å². The molecule has 5 rings (SSSR count). The molecule has 47 heavy (non-hydrogen) atoms. The Morgan fingerprint density at radius 2 is 1.55 bits per heavy atom. The zero-order chi connectivity index (χ0) is 34.2. The van der Waals surface area contributed by atoms with Gasteiger partial charge in [-0.05, 0) is 88.4 Å². The lowest BCUT2D eigenvalue weighted by Crippen LogP contribution is -2.35. The first-order valence-corrected chi connectivity index (χ1v) is 21.3. The summed E-state index contributed by atoms with van der Waals surface area (Å²) in [4.78, 5) is 2.41. The minimum Gasteiger partial charge on any atom is -0.748 e. The molecule has 1 N–H and O–H groups in total. The van der Waals surface area contributed by atoms with Crippen LogP contribution < -0.4 is 0 Å². The van der Waals surface area contributed by atoms with Crippen LogP contribution in [0, 0.1) is 22.7 Å². The molecule has 3 aliphatic carbocycles. The van der Waals surface area contributed by atoms with Crippen LogP contribution in [0.1, 0.15) is 111 Å². The van der Waals surface area contributed by atoms with Gasteiger partial charge in [0, 0.05) is 59.3 Å². The molecule has 0 aromatic rings. The summed E-state index contributed by atoms with van der Waals surface area (Å²) in [6.07, 6.45) is 21.6. The highest BCUT2D eigenvalue weighted by Crippen LogP contribution is 2.53. The molecule has 0 radical (unpaired) electrons. The normalized spacial score (nSPS) is 31.3. The van der Waals surface area contributed by atoms with Crippen molar-refractivity contribution in [3.05, 3.63) is 46.2 Å². The van der Waals surface area contributed by atoms with Gasteiger partial charge in [-0.2, -0.15) is 8.42 Å². The van der Waals surface area contributed by atoms with Crippen molar-refractivity contribution in [1.82, 2.24) is 4.90 Å². The third-order valence-corrected chi connectivity index (χ3v) is 14.1. The summed E-state index contributed by atoms with van der Waals surface area (Å²) in [5.74, 6) is 0.438. The van der Waals surface area contributed by atoms with Gasteiger partial charge in [-0.25, -0.2) is 13.0 Å². The van der Waals surface area contributed by atoms with Gasteiger partial charge in [0.05, 0.1) is 21.3 Å². The van der Waals surface area contributed by atoms with Crippen LogP contribution in [0.25, 0.3) is 0 Å². The highest BCUT2D eigenvalue weighted by Gasteiger charge is 2.54. The molecule has 4 atom stereocenters. The predicted molar refractivity (Wildman–Crippen MR) is 188 cm³/mol. The number of allylic oxidation sites excluding steroid dienone is 8. The number of hydrogen-bond acceptors (Lipinski definition) is 6. The van der Waals surface area contributed by atoms with Crippen LogP contribution in [0.15, 0.2) is 46.2 Å². The molecule has 0 aromatic carbocycles. The van der Waals surface area contributed by atoms with Gasteiger partial charge < -0.3 is 9.45 Å². The fourth-order valence-corrected chi connectivity index (χ4v) is 11.0. The molecule has 4 unspecified atom stereocenters. The summed E-state index contributed by atoms with van der Waals surface area (Å²) >= 11 is 7.14. The fourth-order valence-electron chi connectivity index (χ4n) is 9.72. The van der Waals surface area contributed by atoms with E-state index in [4.69, 9.17) is 11.6 Å². The number of likely N-dealkylation sites (tertiary alicyclic amines) is 1. The maximum atomic E-state index is 11.5. The van der Waals surface area contributed by atoms with Crippen LogP contribution in [0.5, 0.6) is 0 Å². The van der Waals surface area contributed by atoms with Crippen molar-refractivity contribution in [2.45, 2.75) is 123 Å². The van der Waals surface area contributed by atoms with Crippen LogP contribution in [-0.4, -0.2) is 77.8 Å². The Labute approximate surface area is 288 Å². The molecule has 2 aliphatic heterocycles. The topological polar surface area (TPSA) is 118 Å². The van der Waals surface area contributed by atoms with E-state index in [0.717, 1.165) is 61.1 Å². The molecule has 0 amide bonds. The largest absolute Gasteiger partial charge is 0.748 e. The first-order valence-electron chi connectivity index (χ1n) is 17.8. The van der Waals surface area contributed by atoms with Gasteiger partial charge in [0.2, 0.25) is 0 Å². The predicted octanol–water partition coefficient (Wildman–Crippen LogP) is 7.20. The third kappa shape index (κ3) is 8.30. The Balaban J connectivity index is 1.43. The second-order valence-corrected chi connectivity index (χ2v) is 19.1. The second-order valence-electron chi connectivity index (χ2n) is 15.7. The molecule has 0 aromatic heterocycles. The zero-order valence-corrected chi connectivity index (χ0v) is 31.1. The number of nitrogens with zero attached hydrogens (tertiary/aromatic N) is 2. The zero-order valence-electron chi connectivity index (χ0n) is 28.7. The molecule has 5 aliphatic rings. The maximum Gasteiger partial charge on any atom is 0.264 e. The fraction of sp³-hybridized carbons (Fsp3) is 0.750. The van der Waals surface area contributed by atoms with Crippen LogP contribution >= 0.6 is 11.6 Å². The van der Waals surface area contributed by atoms with Crippen LogP contribution in [-0.2, 0) is 20.2 Å². The Morgan fingerprint density at radius 1 is 0.872 bits per heavy atom. The summed E-state index contributed by atoms with van der Waals surface area (Å²) in [7, 11) is -8.25. The van der Waals surface area contributed by atoms with Gasteiger partial charge in [-0.1, -0.05) is 56.9 Å². The van der Waals surface area contributed by atoms with E-state index in [1.165, 1.54) is 37.1 Å². The number of fused-ring (bicyclic) bond motifs is 2. The minimum absolute atomic E-state index is 0.0514. The van der Waals surface area contributed by atoms with Crippen molar-refractivity contribution >= 4 is 37.5 Å². The first-order chi connectivity index (χ1) is 22.0. The molecule has 11 heteroatoms. The average Bonchev–Trinajstić information content (AvgIpc) is 3.33. The number of halogens is 1. The highest BCUT2D eigenvalue weighted by atomic mass is 35.5. The van der Waals surface area contributed by atoms with Gasteiger partial charge in [0.15, 0.2) is 11.8 Å². The molecular weight excluding hydrogens is 656 g/mol. The van der Waals surface area contributed by atoms with Crippen molar-refractivity contribution < 1.29 is 30.5 Å². The second kappa shape index (κ2) is 14.4. The molecule has 0 spiro atoms. The summed E-state index contributed by atoms with van der Waals surface area (Å²) in [5.41, 5.74) is 4.54. The quantitative estimate of drug-likeness (QED) is 0.178. The SMILES string of the molecule is CC1(C)C(/C=C/C2=C(Cl)C(=C/C=C3/N(CCCS(=O)(=O)O)C4CCCCC4C3(C)C)/CCC2)=[N+](CCCS(=O)(=O)[O-])C2CCCCC21. The van der Waals surface area contributed by atoms with Gasteiger partial charge in [-0.3, -0.25) is 4.55 Å². The molecule has 264 valence electrons. The van der Waals surface area contributed by atoms with Gasteiger partial charge in [0.25, 0.3) is 10.1 Å². The highest BCUT2D eigenvalue weighted by molar-refractivity contribution is 7.85. The van der Waals surface area contributed by atoms with E-state index in [2.05, 4.69) is 61.5 Å². The summed E-state index contributed by atoms with van der Waals surface area (Å²) < 4.78 is 68.9.